The van der Waals surface area contributed by atoms with Crippen molar-refractivity contribution in [1.29, 1.82) is 0 Å². The number of methoxy groups -OCH3 is 1. The molecule has 0 bridgehead atoms. The average molecular weight is 494 g/mol. The van der Waals surface area contributed by atoms with Crippen molar-refractivity contribution in [3.63, 3.8) is 0 Å². The molecule has 34 heavy (non-hydrogen) atoms. The number of thioether (sulfide) groups is 1. The van der Waals surface area contributed by atoms with Gasteiger partial charge in [-0.3, -0.25) is 9.20 Å². The van der Waals surface area contributed by atoms with E-state index in [1.165, 1.54) is 34.0 Å². The number of carbonyl (C=O) groups excluding carboxylic acids is 1. The molecule has 176 valence electrons. The Morgan fingerprint density at radius 1 is 1.24 bits per heavy atom. The first-order chi connectivity index (χ1) is 16.6. The zero-order chi connectivity index (χ0) is 23.2. The first kappa shape index (κ1) is 21.9. The number of rotatable bonds is 7. The number of nitrogens with zero attached hydrogens (tertiary/aromatic N) is 4. The molecule has 1 N–H and O–H groups in total. The maximum absolute atomic E-state index is 12.6. The highest BCUT2D eigenvalue weighted by molar-refractivity contribution is 7.99. The van der Waals surface area contributed by atoms with Crippen molar-refractivity contribution in [3.05, 3.63) is 46.1 Å². The van der Waals surface area contributed by atoms with Crippen molar-refractivity contribution in [3.8, 4) is 5.75 Å². The molecule has 4 aromatic rings. The molecule has 7 nitrogen and oxygen atoms in total. The van der Waals surface area contributed by atoms with Crippen LogP contribution in [0.4, 0.5) is 0 Å². The third kappa shape index (κ3) is 4.05. The number of nitrogens with one attached hydrogen (secondary N) is 1. The van der Waals surface area contributed by atoms with E-state index in [2.05, 4.69) is 26.8 Å². The molecule has 3 aromatic heterocycles. The van der Waals surface area contributed by atoms with E-state index < -0.39 is 0 Å². The smallest absolute Gasteiger partial charge is 0.230 e. The van der Waals surface area contributed by atoms with Crippen LogP contribution in [0.1, 0.15) is 53.9 Å². The summed E-state index contributed by atoms with van der Waals surface area (Å²) >= 11 is 3.28. The van der Waals surface area contributed by atoms with Crippen LogP contribution in [0.5, 0.6) is 5.75 Å². The number of hydrogen-bond donors (Lipinski definition) is 1. The number of aryl methyl sites for hydroxylation is 1. The molecule has 0 spiro atoms. The Morgan fingerprint density at radius 2 is 2.06 bits per heavy atom. The second-order valence-electron chi connectivity index (χ2n) is 9.33. The third-order valence-electron chi connectivity index (χ3n) is 6.72. The van der Waals surface area contributed by atoms with Gasteiger partial charge in [0.2, 0.25) is 5.91 Å². The number of carbonyl (C=O) groups is 1. The van der Waals surface area contributed by atoms with E-state index in [0.717, 1.165) is 64.4 Å². The molecule has 1 amide bonds. The number of fused-ring (bicyclic) bond motifs is 5. The number of aromatic nitrogens is 4. The van der Waals surface area contributed by atoms with E-state index in [1.54, 1.807) is 7.11 Å². The van der Waals surface area contributed by atoms with Gasteiger partial charge < -0.3 is 10.1 Å². The van der Waals surface area contributed by atoms with Crippen LogP contribution in [0.3, 0.4) is 0 Å². The molecule has 2 aliphatic rings. The molecule has 1 aromatic carbocycles. The Labute approximate surface area is 206 Å². The quantitative estimate of drug-likeness (QED) is 0.374. The van der Waals surface area contributed by atoms with Crippen LogP contribution in [0, 0.1) is 5.92 Å². The molecule has 0 radical (unpaired) electrons. The topological polar surface area (TPSA) is 81.4 Å². The van der Waals surface area contributed by atoms with Gasteiger partial charge in [-0.05, 0) is 61.3 Å². The molecule has 6 rings (SSSR count). The second-order valence-corrected chi connectivity index (χ2v) is 11.4. The van der Waals surface area contributed by atoms with Crippen LogP contribution in [-0.4, -0.2) is 38.4 Å². The van der Waals surface area contributed by atoms with Gasteiger partial charge in [0.15, 0.2) is 10.8 Å². The molecule has 0 aliphatic heterocycles. The Morgan fingerprint density at radius 3 is 2.82 bits per heavy atom. The first-order valence-electron chi connectivity index (χ1n) is 11.8. The van der Waals surface area contributed by atoms with Gasteiger partial charge in [-0.25, -0.2) is 4.98 Å². The highest BCUT2D eigenvalue weighted by Crippen LogP contribution is 2.44. The molecule has 9 heteroatoms. The molecular weight excluding hydrogens is 466 g/mol. The monoisotopic (exact) mass is 493 g/mol. The maximum atomic E-state index is 12.6. The van der Waals surface area contributed by atoms with Gasteiger partial charge in [-0.15, -0.1) is 21.5 Å². The summed E-state index contributed by atoms with van der Waals surface area (Å²) in [6.45, 7) is 2.82. The standard InChI is InChI=1S/C25H27N5O2S2/c1-14-3-10-18-19(11-14)34-24-21(18)23-28-29-25(30(23)22(27-24)16-6-7-16)33-13-20(31)26-12-15-4-8-17(32-2)9-5-15/h4-5,8-9,14,16H,3,6-7,10-13H2,1-2H3,(H,26,31). The van der Waals surface area contributed by atoms with Crippen molar-refractivity contribution < 1.29 is 9.53 Å². The van der Waals surface area contributed by atoms with E-state index >= 15 is 0 Å². The summed E-state index contributed by atoms with van der Waals surface area (Å²) in [6, 6.07) is 7.71. The zero-order valence-electron chi connectivity index (χ0n) is 19.3. The Bertz CT molecular complexity index is 1370. The van der Waals surface area contributed by atoms with Gasteiger partial charge in [0.05, 0.1) is 18.2 Å². The summed E-state index contributed by atoms with van der Waals surface area (Å²) < 4.78 is 7.32. The summed E-state index contributed by atoms with van der Waals surface area (Å²) in [5.74, 6) is 3.31. The molecule has 2 aliphatic carbocycles. The van der Waals surface area contributed by atoms with Gasteiger partial charge in [0.1, 0.15) is 16.4 Å². The van der Waals surface area contributed by atoms with Crippen LogP contribution in [0.25, 0.3) is 15.9 Å². The lowest BCUT2D eigenvalue weighted by Crippen LogP contribution is -2.24. The summed E-state index contributed by atoms with van der Waals surface area (Å²) in [5.41, 5.74) is 3.37. The lowest BCUT2D eigenvalue weighted by Gasteiger charge is -2.17. The minimum absolute atomic E-state index is 0.0264. The van der Waals surface area contributed by atoms with Crippen molar-refractivity contribution in [1.82, 2.24) is 24.9 Å². The lowest BCUT2D eigenvalue weighted by atomic mass is 9.89. The fourth-order valence-electron chi connectivity index (χ4n) is 4.67. The predicted molar refractivity (Wildman–Crippen MR) is 135 cm³/mol. The highest BCUT2D eigenvalue weighted by Gasteiger charge is 2.32. The molecule has 1 unspecified atom stereocenters. The van der Waals surface area contributed by atoms with Gasteiger partial charge in [-0.2, -0.15) is 0 Å². The SMILES string of the molecule is COc1ccc(CNC(=O)CSc2nnc3c4c5c(sc4nc(C4CC4)n23)CC(C)CC5)cc1. The Hall–Kier alpha value is -2.65. The summed E-state index contributed by atoms with van der Waals surface area (Å²) in [5, 5.41) is 14.1. The van der Waals surface area contributed by atoms with Crippen molar-refractivity contribution >= 4 is 44.9 Å². The van der Waals surface area contributed by atoms with Gasteiger partial charge in [-0.1, -0.05) is 30.8 Å². The second kappa shape index (κ2) is 8.85. The lowest BCUT2D eigenvalue weighted by molar-refractivity contribution is -0.118. The molecule has 3 heterocycles. The van der Waals surface area contributed by atoms with E-state index in [9.17, 15) is 4.79 Å². The summed E-state index contributed by atoms with van der Waals surface area (Å²) in [6.07, 6.45) is 5.73. The van der Waals surface area contributed by atoms with E-state index in [4.69, 9.17) is 9.72 Å². The number of hydrogen-bond acceptors (Lipinski definition) is 7. The van der Waals surface area contributed by atoms with Crippen molar-refractivity contribution in [2.24, 2.45) is 5.92 Å². The molecule has 0 saturated heterocycles. The largest absolute Gasteiger partial charge is 0.497 e. The van der Waals surface area contributed by atoms with Gasteiger partial charge in [0.25, 0.3) is 0 Å². The van der Waals surface area contributed by atoms with Crippen LogP contribution in [-0.2, 0) is 24.2 Å². The average Bonchev–Trinajstić information content (AvgIpc) is 3.51. The molecular formula is C25H27N5O2S2. The van der Waals surface area contributed by atoms with Gasteiger partial charge >= 0.3 is 0 Å². The Kier molecular flexibility index (Phi) is 5.69. The number of thiophene rings is 1. The molecule has 1 fully saturated rings. The van der Waals surface area contributed by atoms with Crippen LogP contribution < -0.4 is 10.1 Å². The van der Waals surface area contributed by atoms with Gasteiger partial charge in [0, 0.05) is 17.3 Å². The van der Waals surface area contributed by atoms with Crippen LogP contribution in [0.2, 0.25) is 0 Å². The highest BCUT2D eigenvalue weighted by atomic mass is 32.2. The molecule has 1 saturated carbocycles. The fraction of sp³-hybridized carbons (Fsp3) is 0.440. The van der Waals surface area contributed by atoms with Crippen molar-refractivity contribution in [2.75, 3.05) is 12.9 Å². The van der Waals surface area contributed by atoms with E-state index in [-0.39, 0.29) is 5.91 Å². The minimum atomic E-state index is -0.0264. The Balaban J connectivity index is 1.24. The normalized spacial score (nSPS) is 17.8. The van der Waals surface area contributed by atoms with Crippen LogP contribution >= 0.6 is 23.1 Å². The van der Waals surface area contributed by atoms with E-state index in [0.29, 0.717) is 18.2 Å². The van der Waals surface area contributed by atoms with Crippen LogP contribution in [0.15, 0.2) is 29.4 Å². The number of ether oxygens (including phenoxy) is 1. The molecule has 1 atom stereocenters. The number of benzene rings is 1. The van der Waals surface area contributed by atoms with E-state index in [1.807, 2.05) is 35.6 Å². The fourth-order valence-corrected chi connectivity index (χ4v) is 6.83. The third-order valence-corrected chi connectivity index (χ3v) is 8.80. The number of amides is 1. The summed E-state index contributed by atoms with van der Waals surface area (Å²) in [7, 11) is 1.64. The first-order valence-corrected chi connectivity index (χ1v) is 13.6. The van der Waals surface area contributed by atoms with Crippen molar-refractivity contribution in [2.45, 2.75) is 56.6 Å². The predicted octanol–water partition coefficient (Wildman–Crippen LogP) is 4.76. The maximum Gasteiger partial charge on any atom is 0.230 e. The summed E-state index contributed by atoms with van der Waals surface area (Å²) in [4.78, 5) is 20.3. The zero-order valence-corrected chi connectivity index (χ0v) is 21.0. The minimum Gasteiger partial charge on any atom is -0.497 e.